The molecule has 7 heteroatoms. The van der Waals surface area contributed by atoms with Gasteiger partial charge in [-0.2, -0.15) is 0 Å². The number of imide groups is 1. The fourth-order valence-corrected chi connectivity index (χ4v) is 4.26. The van der Waals surface area contributed by atoms with E-state index in [1.165, 1.54) is 4.90 Å². The first kappa shape index (κ1) is 20.1. The molecule has 0 bridgehead atoms. The van der Waals surface area contributed by atoms with Gasteiger partial charge >= 0.3 is 0 Å². The van der Waals surface area contributed by atoms with Crippen LogP contribution in [0.2, 0.25) is 0 Å². The van der Waals surface area contributed by atoms with Crippen LogP contribution in [-0.2, 0) is 11.3 Å². The van der Waals surface area contributed by atoms with Crippen molar-refractivity contribution in [3.8, 4) is 11.5 Å². The van der Waals surface area contributed by atoms with E-state index in [1.54, 1.807) is 24.1 Å². The summed E-state index contributed by atoms with van der Waals surface area (Å²) < 4.78 is 10.7. The van der Waals surface area contributed by atoms with Gasteiger partial charge < -0.3 is 14.4 Å². The largest absolute Gasteiger partial charge is 0.454 e. The Kier molecular flexibility index (Phi) is 5.01. The van der Waals surface area contributed by atoms with Crippen LogP contribution in [0.4, 0.5) is 0 Å². The molecule has 0 aliphatic carbocycles. The molecule has 7 nitrogen and oxygen atoms in total. The lowest BCUT2D eigenvalue weighted by atomic mass is 9.94. The number of amides is 3. The molecule has 2 aliphatic rings. The molecule has 0 spiro atoms. The van der Waals surface area contributed by atoms with Crippen LogP contribution in [0.25, 0.3) is 10.8 Å². The Labute approximate surface area is 185 Å². The molecule has 0 N–H and O–H groups in total. The highest BCUT2D eigenvalue weighted by Gasteiger charge is 2.32. The molecule has 0 saturated heterocycles. The van der Waals surface area contributed by atoms with Crippen LogP contribution in [0.1, 0.15) is 39.1 Å². The van der Waals surface area contributed by atoms with E-state index in [0.717, 1.165) is 10.9 Å². The summed E-state index contributed by atoms with van der Waals surface area (Å²) in [5.41, 5.74) is 2.00. The van der Waals surface area contributed by atoms with Gasteiger partial charge in [-0.05, 0) is 41.6 Å². The monoisotopic (exact) mass is 430 g/mol. The summed E-state index contributed by atoms with van der Waals surface area (Å²) in [7, 11) is 1.74. The Morgan fingerprint density at radius 3 is 2.38 bits per heavy atom. The molecule has 2 heterocycles. The summed E-state index contributed by atoms with van der Waals surface area (Å²) >= 11 is 0. The molecule has 162 valence electrons. The molecule has 2 aliphatic heterocycles. The Balaban J connectivity index is 1.21. The molecule has 5 rings (SSSR count). The van der Waals surface area contributed by atoms with Crippen LogP contribution >= 0.6 is 0 Å². The minimum Gasteiger partial charge on any atom is -0.454 e. The van der Waals surface area contributed by atoms with Crippen molar-refractivity contribution in [1.29, 1.82) is 0 Å². The summed E-state index contributed by atoms with van der Waals surface area (Å²) in [6.07, 6.45) is 0.643. The normalized spacial score (nSPS) is 14.2. The number of hydrogen-bond donors (Lipinski definition) is 0. The zero-order valence-corrected chi connectivity index (χ0v) is 17.7. The molecular weight excluding hydrogens is 408 g/mol. The van der Waals surface area contributed by atoms with Crippen molar-refractivity contribution in [3.63, 3.8) is 0 Å². The Bertz CT molecular complexity index is 1200. The van der Waals surface area contributed by atoms with Crippen LogP contribution in [0.5, 0.6) is 11.5 Å². The Morgan fingerprint density at radius 2 is 1.66 bits per heavy atom. The molecule has 0 unspecified atom stereocenters. The van der Waals surface area contributed by atoms with Crippen molar-refractivity contribution in [3.05, 3.63) is 71.3 Å². The fourth-order valence-electron chi connectivity index (χ4n) is 4.26. The lowest BCUT2D eigenvalue weighted by molar-refractivity contribution is -0.130. The second-order valence-corrected chi connectivity index (χ2v) is 8.01. The number of fused-ring (bicyclic) bond motifs is 1. The van der Waals surface area contributed by atoms with E-state index >= 15 is 0 Å². The molecule has 0 fully saturated rings. The van der Waals surface area contributed by atoms with Gasteiger partial charge in [-0.3, -0.25) is 19.3 Å². The zero-order valence-electron chi connectivity index (χ0n) is 17.7. The zero-order chi connectivity index (χ0) is 22.2. The molecule has 32 heavy (non-hydrogen) atoms. The predicted octanol–water partition coefficient (Wildman–Crippen LogP) is 3.60. The molecule has 0 aromatic heterocycles. The second kappa shape index (κ2) is 8.00. The van der Waals surface area contributed by atoms with E-state index in [0.29, 0.717) is 41.0 Å². The van der Waals surface area contributed by atoms with Crippen molar-refractivity contribution in [2.45, 2.75) is 19.4 Å². The van der Waals surface area contributed by atoms with Gasteiger partial charge in [0.1, 0.15) is 0 Å². The third kappa shape index (κ3) is 3.45. The number of benzene rings is 3. The number of carbonyl (C=O) groups is 3. The molecule has 0 atom stereocenters. The van der Waals surface area contributed by atoms with Crippen molar-refractivity contribution in [2.24, 2.45) is 0 Å². The smallest absolute Gasteiger partial charge is 0.261 e. The standard InChI is InChI=1S/C25H22N2O5/c1-26(14-16-10-11-20-21(13-16)32-15-31-20)22(28)9-4-12-27-24(29)18-7-2-5-17-6-3-8-19(23(17)18)25(27)30/h2-3,5-8,10-11,13H,4,9,12,14-15H2,1H3. The molecule has 0 saturated carbocycles. The average Bonchev–Trinajstić information content (AvgIpc) is 3.27. The molecule has 3 amide bonds. The van der Waals surface area contributed by atoms with Gasteiger partial charge in [0.25, 0.3) is 11.8 Å². The number of ether oxygens (including phenoxy) is 2. The molecule has 3 aromatic rings. The maximum Gasteiger partial charge on any atom is 0.261 e. The number of nitrogens with zero attached hydrogens (tertiary/aromatic N) is 2. The van der Waals surface area contributed by atoms with Crippen molar-refractivity contribution < 1.29 is 23.9 Å². The van der Waals surface area contributed by atoms with E-state index in [1.807, 2.05) is 42.5 Å². The van der Waals surface area contributed by atoms with Crippen LogP contribution in [0.3, 0.4) is 0 Å². The van der Waals surface area contributed by atoms with E-state index in [4.69, 9.17) is 9.47 Å². The van der Waals surface area contributed by atoms with E-state index in [-0.39, 0.29) is 37.5 Å². The minimum absolute atomic E-state index is 0.0536. The van der Waals surface area contributed by atoms with Crippen LogP contribution in [0.15, 0.2) is 54.6 Å². The summed E-state index contributed by atoms with van der Waals surface area (Å²) in [5, 5.41) is 1.59. The van der Waals surface area contributed by atoms with Gasteiger partial charge in [0, 0.05) is 43.1 Å². The number of rotatable bonds is 6. The number of hydrogen-bond acceptors (Lipinski definition) is 5. The average molecular weight is 430 g/mol. The highest BCUT2D eigenvalue weighted by Crippen LogP contribution is 2.33. The van der Waals surface area contributed by atoms with Crippen molar-refractivity contribution in [2.75, 3.05) is 20.4 Å². The summed E-state index contributed by atoms with van der Waals surface area (Å²) in [5.74, 6) is 0.722. The first-order valence-electron chi connectivity index (χ1n) is 10.5. The fraction of sp³-hybridized carbons (Fsp3) is 0.240. The van der Waals surface area contributed by atoms with Crippen LogP contribution in [0, 0.1) is 0 Å². The SMILES string of the molecule is CN(Cc1ccc2c(c1)OCO2)C(=O)CCCN1C(=O)c2cccc3cccc(c23)C1=O. The second-order valence-electron chi connectivity index (χ2n) is 8.01. The Morgan fingerprint density at radius 1 is 0.969 bits per heavy atom. The molecule has 0 radical (unpaired) electrons. The highest BCUT2D eigenvalue weighted by atomic mass is 16.7. The topological polar surface area (TPSA) is 76.2 Å². The Hall–Kier alpha value is -3.87. The van der Waals surface area contributed by atoms with Crippen molar-refractivity contribution in [1.82, 2.24) is 9.80 Å². The first-order valence-corrected chi connectivity index (χ1v) is 10.5. The lowest BCUT2D eigenvalue weighted by Gasteiger charge is -2.27. The predicted molar refractivity (Wildman–Crippen MR) is 118 cm³/mol. The van der Waals surface area contributed by atoms with Gasteiger partial charge in [-0.25, -0.2) is 0 Å². The summed E-state index contributed by atoms with van der Waals surface area (Å²) in [4.78, 5) is 41.4. The third-order valence-electron chi connectivity index (χ3n) is 5.91. The van der Waals surface area contributed by atoms with Gasteiger partial charge in [-0.1, -0.05) is 30.3 Å². The van der Waals surface area contributed by atoms with Crippen LogP contribution in [-0.4, -0.2) is 47.9 Å². The number of carbonyl (C=O) groups excluding carboxylic acids is 3. The minimum atomic E-state index is -0.305. The molecule has 3 aromatic carbocycles. The third-order valence-corrected chi connectivity index (χ3v) is 5.91. The van der Waals surface area contributed by atoms with E-state index < -0.39 is 0 Å². The summed E-state index contributed by atoms with van der Waals surface area (Å²) in [6, 6.07) is 16.5. The molecular formula is C25H22N2O5. The highest BCUT2D eigenvalue weighted by molar-refractivity contribution is 6.25. The summed E-state index contributed by atoms with van der Waals surface area (Å²) in [6.45, 7) is 0.846. The van der Waals surface area contributed by atoms with E-state index in [9.17, 15) is 14.4 Å². The quantitative estimate of drug-likeness (QED) is 0.559. The van der Waals surface area contributed by atoms with Gasteiger partial charge in [0.2, 0.25) is 12.7 Å². The van der Waals surface area contributed by atoms with Gasteiger partial charge in [0.15, 0.2) is 11.5 Å². The van der Waals surface area contributed by atoms with Crippen LogP contribution < -0.4 is 9.47 Å². The first-order chi connectivity index (χ1) is 15.5. The van der Waals surface area contributed by atoms with Gasteiger partial charge in [-0.15, -0.1) is 0 Å². The lowest BCUT2D eigenvalue weighted by Crippen LogP contribution is -2.41. The maximum atomic E-state index is 12.9. The van der Waals surface area contributed by atoms with Gasteiger partial charge in [0.05, 0.1) is 0 Å². The maximum absolute atomic E-state index is 12.9. The van der Waals surface area contributed by atoms with E-state index in [2.05, 4.69) is 0 Å². The van der Waals surface area contributed by atoms with Crippen molar-refractivity contribution >= 4 is 28.5 Å².